The van der Waals surface area contributed by atoms with Gasteiger partial charge in [0, 0.05) is 12.0 Å². The van der Waals surface area contributed by atoms with Crippen LogP contribution in [-0.4, -0.2) is 31.7 Å². The van der Waals surface area contributed by atoms with Gasteiger partial charge in [-0.1, -0.05) is 0 Å². The summed E-state index contributed by atoms with van der Waals surface area (Å²) in [6.45, 7) is 2.43. The molecule has 1 amide bonds. The fourth-order valence-corrected chi connectivity index (χ4v) is 2.57. The molecule has 0 bridgehead atoms. The normalized spacial score (nSPS) is 21.6. The van der Waals surface area contributed by atoms with Crippen LogP contribution in [0.3, 0.4) is 0 Å². The van der Waals surface area contributed by atoms with Crippen LogP contribution in [0, 0.1) is 5.92 Å². The summed E-state index contributed by atoms with van der Waals surface area (Å²) in [6.07, 6.45) is 2.54. The highest BCUT2D eigenvalue weighted by Crippen LogP contribution is 2.24. The number of carbonyl (C=O) groups is 1. The molecule has 1 aliphatic carbocycles. The van der Waals surface area contributed by atoms with E-state index >= 15 is 0 Å². The Bertz CT molecular complexity index is 467. The summed E-state index contributed by atoms with van der Waals surface area (Å²) in [6, 6.07) is 7.58. The van der Waals surface area contributed by atoms with Crippen molar-refractivity contribution in [1.29, 1.82) is 0 Å². The van der Waals surface area contributed by atoms with Crippen molar-refractivity contribution >= 4 is 18.3 Å². The van der Waals surface area contributed by atoms with E-state index in [-0.39, 0.29) is 36.4 Å². The van der Waals surface area contributed by atoms with Crippen LogP contribution in [0.5, 0.6) is 11.5 Å². The Balaban J connectivity index is 0.00000242. The largest absolute Gasteiger partial charge is 0.497 e. The smallest absolute Gasteiger partial charge is 0.223 e. The van der Waals surface area contributed by atoms with Crippen LogP contribution >= 0.6 is 12.4 Å². The molecule has 1 saturated carbocycles. The first-order valence-corrected chi connectivity index (χ1v) is 7.42. The van der Waals surface area contributed by atoms with Gasteiger partial charge < -0.3 is 20.5 Å². The summed E-state index contributed by atoms with van der Waals surface area (Å²) in [5.41, 5.74) is 5.83. The quantitative estimate of drug-likeness (QED) is 0.839. The van der Waals surface area contributed by atoms with Gasteiger partial charge in [-0.25, -0.2) is 0 Å². The fourth-order valence-electron chi connectivity index (χ4n) is 2.57. The molecule has 3 unspecified atom stereocenters. The zero-order chi connectivity index (χ0) is 15.2. The Labute approximate surface area is 138 Å². The number of methoxy groups -OCH3 is 1. The molecule has 1 aromatic carbocycles. The lowest BCUT2D eigenvalue weighted by atomic mass is 10.1. The number of nitrogens with two attached hydrogens (primary N) is 1. The van der Waals surface area contributed by atoms with Gasteiger partial charge in [-0.2, -0.15) is 0 Å². The SMILES string of the molecule is COc1ccc(OC(C)CNC(=O)C2CCC(N)C2)cc1.Cl. The van der Waals surface area contributed by atoms with Gasteiger partial charge in [-0.05, 0) is 50.5 Å². The van der Waals surface area contributed by atoms with Gasteiger partial charge in [0.15, 0.2) is 0 Å². The molecule has 0 aliphatic heterocycles. The lowest BCUT2D eigenvalue weighted by Crippen LogP contribution is -2.37. The monoisotopic (exact) mass is 328 g/mol. The minimum atomic E-state index is -0.0857. The average Bonchev–Trinajstić information content (AvgIpc) is 2.92. The zero-order valence-corrected chi connectivity index (χ0v) is 13.9. The van der Waals surface area contributed by atoms with Crippen LogP contribution in [0.25, 0.3) is 0 Å². The third-order valence-electron chi connectivity index (χ3n) is 3.80. The number of hydrogen-bond acceptors (Lipinski definition) is 4. The van der Waals surface area contributed by atoms with Crippen molar-refractivity contribution < 1.29 is 14.3 Å². The molecule has 1 aliphatic rings. The van der Waals surface area contributed by atoms with Crippen molar-refractivity contribution in [3.8, 4) is 11.5 Å². The number of amides is 1. The van der Waals surface area contributed by atoms with E-state index in [9.17, 15) is 4.79 Å². The molecule has 0 heterocycles. The maximum Gasteiger partial charge on any atom is 0.223 e. The van der Waals surface area contributed by atoms with E-state index in [1.807, 2.05) is 31.2 Å². The highest BCUT2D eigenvalue weighted by atomic mass is 35.5. The van der Waals surface area contributed by atoms with Crippen LogP contribution in [0.15, 0.2) is 24.3 Å². The summed E-state index contributed by atoms with van der Waals surface area (Å²) in [5.74, 6) is 1.71. The van der Waals surface area contributed by atoms with Gasteiger partial charge in [-0.15, -0.1) is 12.4 Å². The molecule has 1 fully saturated rings. The fraction of sp³-hybridized carbons (Fsp3) is 0.562. The van der Waals surface area contributed by atoms with Crippen molar-refractivity contribution in [2.45, 2.75) is 38.3 Å². The molecule has 0 aromatic heterocycles. The maximum absolute atomic E-state index is 12.0. The first kappa shape index (κ1) is 18.6. The second-order valence-electron chi connectivity index (χ2n) is 5.62. The predicted octanol–water partition coefficient (Wildman–Crippen LogP) is 2.13. The van der Waals surface area contributed by atoms with Gasteiger partial charge in [0.25, 0.3) is 0 Å². The lowest BCUT2D eigenvalue weighted by molar-refractivity contribution is -0.125. The van der Waals surface area contributed by atoms with Crippen LogP contribution in [0.2, 0.25) is 0 Å². The van der Waals surface area contributed by atoms with E-state index in [0.717, 1.165) is 30.8 Å². The van der Waals surface area contributed by atoms with Crippen LogP contribution in [0.1, 0.15) is 26.2 Å². The Hall–Kier alpha value is -1.46. The number of carbonyl (C=O) groups excluding carboxylic acids is 1. The van der Waals surface area contributed by atoms with Crippen LogP contribution in [-0.2, 0) is 4.79 Å². The van der Waals surface area contributed by atoms with Crippen molar-refractivity contribution in [1.82, 2.24) is 5.32 Å². The van der Waals surface area contributed by atoms with Gasteiger partial charge in [0.05, 0.1) is 13.7 Å². The van der Waals surface area contributed by atoms with Gasteiger partial charge >= 0.3 is 0 Å². The molecule has 6 heteroatoms. The zero-order valence-electron chi connectivity index (χ0n) is 13.1. The van der Waals surface area contributed by atoms with Crippen LogP contribution < -0.4 is 20.5 Å². The number of hydrogen-bond donors (Lipinski definition) is 2. The molecule has 3 atom stereocenters. The van der Waals surface area contributed by atoms with Gasteiger partial charge in [0.2, 0.25) is 5.91 Å². The molecule has 0 saturated heterocycles. The first-order valence-electron chi connectivity index (χ1n) is 7.42. The molecule has 5 nitrogen and oxygen atoms in total. The number of benzene rings is 1. The van der Waals surface area contributed by atoms with Crippen molar-refractivity contribution in [3.05, 3.63) is 24.3 Å². The second-order valence-corrected chi connectivity index (χ2v) is 5.62. The summed E-state index contributed by atoms with van der Waals surface area (Å²) in [4.78, 5) is 12.0. The number of rotatable bonds is 6. The van der Waals surface area contributed by atoms with Crippen molar-refractivity contribution in [2.75, 3.05) is 13.7 Å². The Morgan fingerprint density at radius 2 is 1.95 bits per heavy atom. The van der Waals surface area contributed by atoms with Crippen molar-refractivity contribution in [3.63, 3.8) is 0 Å². The summed E-state index contributed by atoms with van der Waals surface area (Å²) in [7, 11) is 1.63. The molecule has 0 spiro atoms. The van der Waals surface area contributed by atoms with E-state index in [4.69, 9.17) is 15.2 Å². The Morgan fingerprint density at radius 1 is 1.32 bits per heavy atom. The second kappa shape index (κ2) is 8.86. The van der Waals surface area contributed by atoms with Crippen molar-refractivity contribution in [2.24, 2.45) is 11.7 Å². The maximum atomic E-state index is 12.0. The third kappa shape index (κ3) is 5.39. The molecule has 124 valence electrons. The van der Waals surface area contributed by atoms with E-state index in [1.165, 1.54) is 0 Å². The van der Waals surface area contributed by atoms with Gasteiger partial charge in [-0.3, -0.25) is 4.79 Å². The summed E-state index contributed by atoms with van der Waals surface area (Å²) < 4.78 is 10.8. The van der Waals surface area contributed by atoms with E-state index in [0.29, 0.717) is 6.54 Å². The Kier molecular flexibility index (Phi) is 7.48. The Morgan fingerprint density at radius 3 is 2.50 bits per heavy atom. The average molecular weight is 329 g/mol. The van der Waals surface area contributed by atoms with Gasteiger partial charge in [0.1, 0.15) is 17.6 Å². The molecule has 3 N–H and O–H groups in total. The topological polar surface area (TPSA) is 73.6 Å². The molecular formula is C16H25ClN2O3. The van der Waals surface area contributed by atoms with E-state index in [2.05, 4.69) is 5.32 Å². The third-order valence-corrected chi connectivity index (χ3v) is 3.80. The number of nitrogens with one attached hydrogen (secondary N) is 1. The summed E-state index contributed by atoms with van der Waals surface area (Å²) >= 11 is 0. The highest BCUT2D eigenvalue weighted by molar-refractivity contribution is 5.85. The standard InChI is InChI=1S/C16H24N2O3.ClH/c1-11(21-15-7-5-14(20-2)6-8-15)10-18-16(19)12-3-4-13(17)9-12;/h5-8,11-13H,3-4,9-10,17H2,1-2H3,(H,18,19);1H. The van der Waals surface area contributed by atoms with E-state index in [1.54, 1.807) is 7.11 Å². The minimum Gasteiger partial charge on any atom is -0.497 e. The lowest BCUT2D eigenvalue weighted by Gasteiger charge is -2.17. The van der Waals surface area contributed by atoms with Crippen LogP contribution in [0.4, 0.5) is 0 Å². The molecule has 0 radical (unpaired) electrons. The molecule has 2 rings (SSSR count). The first-order chi connectivity index (χ1) is 10.1. The number of ether oxygens (including phenoxy) is 2. The molecule has 22 heavy (non-hydrogen) atoms. The predicted molar refractivity (Wildman–Crippen MR) is 88.7 cm³/mol. The molecule has 1 aromatic rings. The molecular weight excluding hydrogens is 304 g/mol. The van der Waals surface area contributed by atoms with E-state index < -0.39 is 0 Å². The summed E-state index contributed by atoms with van der Waals surface area (Å²) in [5, 5.41) is 2.94. The highest BCUT2D eigenvalue weighted by Gasteiger charge is 2.27. The number of halogens is 1. The minimum absolute atomic E-state index is 0.